The van der Waals surface area contributed by atoms with Gasteiger partial charge in [0.15, 0.2) is 0 Å². The van der Waals surface area contributed by atoms with Crippen LogP contribution >= 0.6 is 68.4 Å². The van der Waals surface area contributed by atoms with Crippen molar-refractivity contribution in [3.05, 3.63) is 212 Å². The molecule has 628 valence electrons. The van der Waals surface area contributed by atoms with E-state index in [0.29, 0.717) is 68.8 Å². The van der Waals surface area contributed by atoms with Crippen molar-refractivity contribution in [2.75, 3.05) is 13.1 Å². The lowest BCUT2D eigenvalue weighted by Crippen LogP contribution is -2.37. The van der Waals surface area contributed by atoms with E-state index < -0.39 is 10.8 Å². The lowest BCUT2D eigenvalue weighted by Gasteiger charge is -2.37. The van der Waals surface area contributed by atoms with Crippen LogP contribution in [0.15, 0.2) is 109 Å². The van der Waals surface area contributed by atoms with Crippen LogP contribution in [-0.4, -0.2) is 46.5 Å². The van der Waals surface area contributed by atoms with Gasteiger partial charge in [-0.2, -0.15) is 0 Å². The van der Waals surface area contributed by atoms with E-state index in [9.17, 15) is 0 Å². The number of thioether (sulfide) groups is 1. The smallest absolute Gasteiger partial charge is 0.263 e. The van der Waals surface area contributed by atoms with E-state index in [1.54, 1.807) is 21.1 Å². The number of carbonyl (C=O) groups is 4. The maximum Gasteiger partial charge on any atom is 0.263 e. The van der Waals surface area contributed by atoms with Crippen LogP contribution in [0.25, 0.3) is 33.8 Å². The third-order valence-corrected chi connectivity index (χ3v) is 37.9. The Morgan fingerprint density at radius 3 is 1.51 bits per heavy atom. The first-order valence-corrected chi connectivity index (χ1v) is 51.6. The molecule has 0 N–H and O–H groups in total. The molecule has 0 spiro atoms. The molecule has 16 rings (SSSR count). The lowest BCUT2D eigenvalue weighted by atomic mass is 9.64. The Morgan fingerprint density at radius 1 is 0.500 bits per heavy atom. The van der Waals surface area contributed by atoms with Crippen LogP contribution in [0.5, 0.6) is 0 Å². The standard InChI is InChI=1S/C106H134N2O4S6/c1-17-27-34-66(22-6)56-71-40-48-76(49-41-71)105(77-50-42-72(43-51-77)57-67(23-7)35-28-18-2)80-60-82-93-85-87(95(116-93)94-86-84(90(115-94)64(11)12)100(109)107(102(86)111)62-70(26-10)37-30-20-4)103(112)108(101(85)110)63-75(39-31-21-5)65(13)33-32-38-69(25-9)59-74-46-54-79(55-47-74)106(78-52-44-73(45-53-78)58-68(24-8)36-29-19-3)81-61-83(104(14,15)16)114-92(81)97-89(106)99-98(118-97)88(105)96(117-99)91(80)113-82/h40-55,60-61,64-70,75,80,91H,17-39,56-59,62-63H2,1-16H3. The van der Waals surface area contributed by atoms with Crippen LogP contribution < -0.4 is 0 Å². The zero-order valence-electron chi connectivity index (χ0n) is 74.1. The normalized spacial score (nSPS) is 22.0. The number of fused-ring (bicyclic) bond motifs is 13. The summed E-state index contributed by atoms with van der Waals surface area (Å²) < 4.78 is 2.78. The predicted octanol–water partition coefficient (Wildman–Crippen LogP) is 31.3. The molecule has 2 aliphatic carbocycles. The first-order valence-electron chi connectivity index (χ1n) is 46.7. The zero-order chi connectivity index (χ0) is 83.2. The molecule has 0 saturated heterocycles. The summed E-state index contributed by atoms with van der Waals surface area (Å²) in [6.45, 7) is 37.7. The number of unbranched alkanes of at least 4 members (excludes halogenated alkanes) is 5. The van der Waals surface area contributed by atoms with Crippen molar-refractivity contribution in [1.82, 2.24) is 9.80 Å². The Morgan fingerprint density at radius 2 is 0.992 bits per heavy atom. The monoisotopic (exact) mass is 1690 g/mol. The highest BCUT2D eigenvalue weighted by Gasteiger charge is 2.61. The molecule has 12 heteroatoms. The van der Waals surface area contributed by atoms with E-state index in [0.717, 1.165) is 124 Å². The van der Waals surface area contributed by atoms with Crippen LogP contribution in [0.3, 0.4) is 0 Å². The summed E-state index contributed by atoms with van der Waals surface area (Å²) >= 11 is 11.2. The SMILES string of the molecule is CCCCC(CC)Cc1ccc(C23c4ccc(cc4)CC(CC)CCCC(C)C(CCCC)CN4C(=O)c5c(sc(-c6sc(C(C)C)c7c6C(=O)N(CC(CC)CCCC)C7=O)c5C4=O)C4=CC5C(S4)c4sc6c2c(sc6c4C5(c2ccc(CC(CC)CCCC)cc2)c2ccc(CC(CC)CCCC)cc2)-c2sc(C(C)(C)C)cc23)cc1. The van der Waals surface area contributed by atoms with Crippen LogP contribution in [0.4, 0.5) is 0 Å². The van der Waals surface area contributed by atoms with Gasteiger partial charge in [-0.15, -0.1) is 68.4 Å². The molecule has 6 nitrogen and oxygen atoms in total. The highest BCUT2D eigenvalue weighted by atomic mass is 32.2. The molecule has 4 aromatic carbocycles. The molecular weight excluding hydrogens is 1560 g/mol. The van der Waals surface area contributed by atoms with Crippen LogP contribution in [0.1, 0.15) is 392 Å². The number of amides is 4. The van der Waals surface area contributed by atoms with Gasteiger partial charge < -0.3 is 0 Å². The summed E-state index contributed by atoms with van der Waals surface area (Å²) in [7, 11) is 0. The largest absolute Gasteiger partial charge is 0.274 e. The van der Waals surface area contributed by atoms with Crippen LogP contribution in [0, 0.1) is 47.3 Å². The van der Waals surface area contributed by atoms with Crippen molar-refractivity contribution < 1.29 is 19.2 Å². The third kappa shape index (κ3) is 15.8. The van der Waals surface area contributed by atoms with E-state index in [4.69, 9.17) is 0 Å². The second-order valence-electron chi connectivity index (χ2n) is 38.1. The number of hydrogen-bond donors (Lipinski definition) is 0. The van der Waals surface area contributed by atoms with E-state index in [1.807, 2.05) is 23.1 Å². The van der Waals surface area contributed by atoms with Crippen molar-refractivity contribution >= 4 is 106 Å². The minimum absolute atomic E-state index is 0.0652. The fraction of sp³-hybridized carbons (Fsp3) is 0.547. The summed E-state index contributed by atoms with van der Waals surface area (Å²) in [5.41, 5.74) is 15.5. The number of rotatable bonds is 33. The van der Waals surface area contributed by atoms with Crippen molar-refractivity contribution in [2.45, 2.75) is 312 Å². The zero-order valence-corrected chi connectivity index (χ0v) is 79.0. The topological polar surface area (TPSA) is 74.8 Å². The van der Waals surface area contributed by atoms with Gasteiger partial charge in [-0.25, -0.2) is 0 Å². The Bertz CT molecular complexity index is 5040. The second-order valence-corrected chi connectivity index (χ2v) is 44.5. The highest BCUT2D eigenvalue weighted by molar-refractivity contribution is 8.09. The maximum atomic E-state index is 16.7. The molecule has 5 aliphatic heterocycles. The molecule has 0 radical (unpaired) electrons. The summed E-state index contributed by atoms with van der Waals surface area (Å²) in [5.74, 6) is 1.73. The van der Waals surface area contributed by atoms with Gasteiger partial charge >= 0.3 is 0 Å². The second kappa shape index (κ2) is 36.8. The molecule has 10 atom stereocenters. The molecule has 0 fully saturated rings. The number of thiophene rings is 5. The maximum absolute atomic E-state index is 16.7. The fourth-order valence-corrected chi connectivity index (χ4v) is 30.7. The Hall–Kier alpha value is -5.99. The van der Waals surface area contributed by atoms with Gasteiger partial charge in [-0.1, -0.05) is 349 Å². The van der Waals surface area contributed by atoms with E-state index in [2.05, 4.69) is 243 Å². The third-order valence-electron chi connectivity index (χ3n) is 29.0. The number of nitrogens with zero attached hydrogens (tertiary/aromatic N) is 2. The minimum atomic E-state index is -0.722. The molecular formula is C106H134N2O4S6. The molecule has 8 bridgehead atoms. The summed E-state index contributed by atoms with van der Waals surface area (Å²) in [5, 5.41) is -0.0804. The van der Waals surface area contributed by atoms with E-state index >= 15 is 19.2 Å². The molecule has 7 aliphatic rings. The highest BCUT2D eigenvalue weighted by Crippen LogP contribution is 2.74. The van der Waals surface area contributed by atoms with Crippen molar-refractivity contribution in [3.63, 3.8) is 0 Å². The van der Waals surface area contributed by atoms with Crippen molar-refractivity contribution in [2.24, 2.45) is 47.3 Å². The van der Waals surface area contributed by atoms with Crippen LogP contribution in [0.2, 0.25) is 0 Å². The molecule has 10 heterocycles. The molecule has 9 aromatic rings. The van der Waals surface area contributed by atoms with Crippen LogP contribution in [-0.2, 0) is 41.9 Å². The molecule has 10 unspecified atom stereocenters. The lowest BCUT2D eigenvalue weighted by molar-refractivity contribution is 0.0595. The van der Waals surface area contributed by atoms with Gasteiger partial charge in [0.1, 0.15) is 0 Å². The Balaban J connectivity index is 1.02. The Labute approximate surface area is 733 Å². The van der Waals surface area contributed by atoms with Gasteiger partial charge in [0.2, 0.25) is 0 Å². The summed E-state index contributed by atoms with van der Waals surface area (Å²) in [4.78, 5) is 77.2. The summed E-state index contributed by atoms with van der Waals surface area (Å²) in [6.07, 6.45) is 32.4. The fourth-order valence-electron chi connectivity index (χ4n) is 21.6. The van der Waals surface area contributed by atoms with Gasteiger partial charge in [0.25, 0.3) is 23.6 Å². The molecule has 0 saturated carbocycles. The number of allylic oxidation sites excluding steroid dienone is 1. The number of carbonyl (C=O) groups excluding carboxylic acids is 4. The average molecular weight is 1690 g/mol. The Kier molecular flexibility index (Phi) is 27.1. The predicted molar refractivity (Wildman–Crippen MR) is 508 cm³/mol. The van der Waals surface area contributed by atoms with E-state index in [-0.39, 0.29) is 63.9 Å². The van der Waals surface area contributed by atoms with Crippen molar-refractivity contribution in [1.29, 1.82) is 0 Å². The van der Waals surface area contributed by atoms with Gasteiger partial charge in [0.05, 0.1) is 67.2 Å². The number of hydrogen-bond acceptors (Lipinski definition) is 10. The number of imide groups is 2. The summed E-state index contributed by atoms with van der Waals surface area (Å²) in [6, 6.07) is 43.1. The molecule has 4 amide bonds. The quantitative estimate of drug-likeness (QED) is 0.0383. The average Bonchev–Trinajstić information content (AvgIpc) is 1.48. The van der Waals surface area contributed by atoms with Gasteiger partial charge in [-0.05, 0) is 147 Å². The first kappa shape index (κ1) is 86.9. The van der Waals surface area contributed by atoms with Gasteiger partial charge in [-0.3, -0.25) is 29.0 Å². The molecule has 118 heavy (non-hydrogen) atoms. The van der Waals surface area contributed by atoms with Gasteiger partial charge in [0, 0.05) is 54.5 Å². The first-order chi connectivity index (χ1) is 57.1. The molecule has 5 aromatic heterocycles. The van der Waals surface area contributed by atoms with E-state index in [1.165, 1.54) is 166 Å². The van der Waals surface area contributed by atoms with Crippen molar-refractivity contribution in [3.8, 4) is 19.5 Å². The minimum Gasteiger partial charge on any atom is -0.274 e. The number of benzene rings is 4.